The third-order valence-electron chi connectivity index (χ3n) is 2.51. The summed E-state index contributed by atoms with van der Waals surface area (Å²) >= 11 is 2.94. The van der Waals surface area contributed by atoms with E-state index in [1.165, 1.54) is 6.07 Å². The molecular weight excluding hydrogens is 323 g/mol. The minimum absolute atomic E-state index is 0.0748. The molecule has 19 heavy (non-hydrogen) atoms. The molecule has 1 aromatic rings. The minimum atomic E-state index is -1.01. The Bertz CT molecular complexity index is 510. The molecule has 6 nitrogen and oxygen atoms in total. The fourth-order valence-corrected chi connectivity index (χ4v) is 1.87. The zero-order valence-corrected chi connectivity index (χ0v) is 11.6. The first kappa shape index (κ1) is 15.4. The highest BCUT2D eigenvalue weighted by molar-refractivity contribution is 9.10. The Hall–Kier alpha value is -1.70. The van der Waals surface area contributed by atoms with Crippen LogP contribution in [0.15, 0.2) is 16.6 Å². The molecule has 0 spiro atoms. The van der Waals surface area contributed by atoms with E-state index in [4.69, 9.17) is 5.11 Å². The molecule has 0 saturated heterocycles. The second-order valence-corrected chi connectivity index (χ2v) is 4.74. The molecule has 1 rings (SSSR count). The molecule has 1 unspecified atom stereocenters. The van der Waals surface area contributed by atoms with Gasteiger partial charge in [0.1, 0.15) is 11.5 Å². The number of aliphatic carboxylic acids is 1. The Morgan fingerprint density at radius 3 is 2.74 bits per heavy atom. The lowest BCUT2D eigenvalue weighted by Gasteiger charge is -2.16. The van der Waals surface area contributed by atoms with E-state index >= 15 is 0 Å². The van der Waals surface area contributed by atoms with E-state index in [1.807, 2.05) is 0 Å². The van der Waals surface area contributed by atoms with Gasteiger partial charge in [0.2, 0.25) is 0 Å². The Kier molecular flexibility index (Phi) is 5.22. The van der Waals surface area contributed by atoms with E-state index in [0.717, 1.165) is 6.07 Å². The van der Waals surface area contributed by atoms with Gasteiger partial charge in [-0.2, -0.15) is 0 Å². The van der Waals surface area contributed by atoms with Gasteiger partial charge >= 0.3 is 5.97 Å². The minimum Gasteiger partial charge on any atom is -0.481 e. The molecular formula is C11H12BrFN2O4. The van der Waals surface area contributed by atoms with Crippen molar-refractivity contribution in [3.63, 3.8) is 0 Å². The molecule has 0 amide bonds. The zero-order valence-electron chi connectivity index (χ0n) is 10.0. The molecule has 1 atom stereocenters. The molecule has 1 aromatic carbocycles. The average Bonchev–Trinajstić information content (AvgIpc) is 2.31. The van der Waals surface area contributed by atoms with Gasteiger partial charge in [0.25, 0.3) is 5.69 Å². The highest BCUT2D eigenvalue weighted by atomic mass is 79.9. The highest BCUT2D eigenvalue weighted by Gasteiger charge is 2.20. The molecule has 0 radical (unpaired) electrons. The Labute approximate surface area is 116 Å². The predicted molar refractivity (Wildman–Crippen MR) is 70.7 cm³/mol. The van der Waals surface area contributed by atoms with Crippen LogP contribution in [-0.4, -0.2) is 22.0 Å². The Morgan fingerprint density at radius 2 is 2.26 bits per heavy atom. The van der Waals surface area contributed by atoms with Crippen LogP contribution in [-0.2, 0) is 4.79 Å². The van der Waals surface area contributed by atoms with Gasteiger partial charge in [-0.05, 0) is 28.4 Å². The summed E-state index contributed by atoms with van der Waals surface area (Å²) in [6.45, 7) is 1.75. The lowest BCUT2D eigenvalue weighted by molar-refractivity contribution is -0.384. The topological polar surface area (TPSA) is 92.5 Å². The second-order valence-electron chi connectivity index (χ2n) is 3.89. The summed E-state index contributed by atoms with van der Waals surface area (Å²) in [6.07, 6.45) is 0.293. The standard InChI is InChI=1S/C11H12BrFN2O4/c1-2-6(3-11(16)17)14-9-4-7(12)8(13)5-10(9)15(18)19/h4-6,14H,2-3H2,1H3,(H,16,17). The van der Waals surface area contributed by atoms with Crippen LogP contribution < -0.4 is 5.32 Å². The number of nitrogens with one attached hydrogen (secondary N) is 1. The number of hydrogen-bond acceptors (Lipinski definition) is 4. The average molecular weight is 335 g/mol. The number of halogens is 2. The monoisotopic (exact) mass is 334 g/mol. The molecule has 8 heteroatoms. The molecule has 0 aliphatic rings. The first-order chi connectivity index (χ1) is 8.85. The van der Waals surface area contributed by atoms with Crippen LogP contribution >= 0.6 is 15.9 Å². The van der Waals surface area contributed by atoms with E-state index in [2.05, 4.69) is 21.2 Å². The van der Waals surface area contributed by atoms with Crippen molar-refractivity contribution in [2.45, 2.75) is 25.8 Å². The third kappa shape index (κ3) is 4.16. The number of nitro benzene ring substituents is 1. The van der Waals surface area contributed by atoms with Crippen LogP contribution in [0.2, 0.25) is 0 Å². The predicted octanol–water partition coefficient (Wildman–Crippen LogP) is 3.16. The maximum Gasteiger partial charge on any atom is 0.305 e. The van der Waals surface area contributed by atoms with Crippen molar-refractivity contribution in [3.05, 3.63) is 32.5 Å². The van der Waals surface area contributed by atoms with E-state index in [9.17, 15) is 19.3 Å². The summed E-state index contributed by atoms with van der Waals surface area (Å²) in [6, 6.07) is 1.56. The smallest absolute Gasteiger partial charge is 0.305 e. The van der Waals surface area contributed by atoms with Crippen molar-refractivity contribution >= 4 is 33.3 Å². The van der Waals surface area contributed by atoms with Crippen molar-refractivity contribution < 1.29 is 19.2 Å². The number of carboxylic acid groups (broad SMARTS) is 1. The van der Waals surface area contributed by atoms with Gasteiger partial charge in [-0.25, -0.2) is 4.39 Å². The van der Waals surface area contributed by atoms with Crippen molar-refractivity contribution in [1.29, 1.82) is 0 Å². The molecule has 0 heterocycles. The summed E-state index contributed by atoms with van der Waals surface area (Å²) < 4.78 is 13.4. The number of anilines is 1. The molecule has 2 N–H and O–H groups in total. The molecule has 0 bridgehead atoms. The second kappa shape index (κ2) is 6.46. The summed E-state index contributed by atoms with van der Waals surface area (Å²) in [5.41, 5.74) is -0.337. The summed E-state index contributed by atoms with van der Waals surface area (Å²) in [5.74, 6) is -1.76. The van der Waals surface area contributed by atoms with Crippen molar-refractivity contribution in [3.8, 4) is 0 Å². The van der Waals surface area contributed by atoms with Crippen LogP contribution in [0.25, 0.3) is 0 Å². The summed E-state index contributed by atoms with van der Waals surface area (Å²) in [7, 11) is 0. The van der Waals surface area contributed by atoms with Gasteiger partial charge in [0.15, 0.2) is 0 Å². The van der Waals surface area contributed by atoms with Crippen LogP contribution in [0.4, 0.5) is 15.8 Å². The van der Waals surface area contributed by atoms with Gasteiger partial charge in [-0.3, -0.25) is 14.9 Å². The maximum absolute atomic E-state index is 13.3. The number of benzene rings is 1. The number of carbonyl (C=O) groups is 1. The number of carboxylic acids is 1. The number of rotatable bonds is 6. The van der Waals surface area contributed by atoms with Crippen molar-refractivity contribution in [2.24, 2.45) is 0 Å². The number of nitro groups is 1. The van der Waals surface area contributed by atoms with Gasteiger partial charge < -0.3 is 10.4 Å². The highest BCUT2D eigenvalue weighted by Crippen LogP contribution is 2.31. The van der Waals surface area contributed by atoms with E-state index < -0.39 is 28.4 Å². The van der Waals surface area contributed by atoms with Gasteiger partial charge in [0, 0.05) is 6.04 Å². The third-order valence-corrected chi connectivity index (χ3v) is 3.12. The van der Waals surface area contributed by atoms with E-state index in [0.29, 0.717) is 6.42 Å². The van der Waals surface area contributed by atoms with Crippen molar-refractivity contribution in [2.75, 3.05) is 5.32 Å². The largest absolute Gasteiger partial charge is 0.481 e. The first-order valence-corrected chi connectivity index (χ1v) is 6.26. The lowest BCUT2D eigenvalue weighted by atomic mass is 10.1. The number of nitrogens with zero attached hydrogens (tertiary/aromatic N) is 1. The molecule has 0 aliphatic heterocycles. The first-order valence-electron chi connectivity index (χ1n) is 5.46. The van der Waals surface area contributed by atoms with Gasteiger partial charge in [-0.15, -0.1) is 0 Å². The normalized spacial score (nSPS) is 11.9. The van der Waals surface area contributed by atoms with Crippen LogP contribution in [0, 0.1) is 15.9 Å². The van der Waals surface area contributed by atoms with Gasteiger partial charge in [0.05, 0.1) is 21.9 Å². The van der Waals surface area contributed by atoms with Gasteiger partial charge in [-0.1, -0.05) is 6.92 Å². The fraction of sp³-hybridized carbons (Fsp3) is 0.364. The van der Waals surface area contributed by atoms with Crippen LogP contribution in [0.3, 0.4) is 0 Å². The summed E-state index contributed by atoms with van der Waals surface area (Å²) in [5, 5.41) is 22.3. The van der Waals surface area contributed by atoms with Crippen molar-refractivity contribution in [1.82, 2.24) is 0 Å². The Balaban J connectivity index is 3.07. The fourth-order valence-electron chi connectivity index (χ4n) is 1.53. The molecule has 0 aliphatic carbocycles. The molecule has 0 saturated carbocycles. The van der Waals surface area contributed by atoms with E-state index in [1.54, 1.807) is 6.92 Å². The molecule has 0 aromatic heterocycles. The van der Waals surface area contributed by atoms with Crippen LogP contribution in [0.1, 0.15) is 19.8 Å². The number of hydrogen-bond donors (Lipinski definition) is 2. The summed E-state index contributed by atoms with van der Waals surface area (Å²) in [4.78, 5) is 20.8. The zero-order chi connectivity index (χ0) is 14.6. The molecule has 104 valence electrons. The van der Waals surface area contributed by atoms with E-state index in [-0.39, 0.29) is 16.6 Å². The quantitative estimate of drug-likeness (QED) is 0.615. The molecule has 0 fully saturated rings. The SMILES string of the molecule is CCC(CC(=O)O)Nc1cc(Br)c(F)cc1[N+](=O)[O-]. The van der Waals surface area contributed by atoms with Crippen LogP contribution in [0.5, 0.6) is 0 Å². The maximum atomic E-state index is 13.3. The Morgan fingerprint density at radius 1 is 1.63 bits per heavy atom. The lowest BCUT2D eigenvalue weighted by Crippen LogP contribution is -2.22.